The highest BCUT2D eigenvalue weighted by atomic mass is 19.1. The minimum absolute atomic E-state index is 0.00142. The highest BCUT2D eigenvalue weighted by Crippen LogP contribution is 2.46. The lowest BCUT2D eigenvalue weighted by atomic mass is 9.73. The summed E-state index contributed by atoms with van der Waals surface area (Å²) in [5.74, 6) is -0.741. The molecule has 1 atom stereocenters. The van der Waals surface area contributed by atoms with Crippen LogP contribution in [0.1, 0.15) is 48.7 Å². The lowest BCUT2D eigenvalue weighted by molar-refractivity contribution is -0.118. The summed E-state index contributed by atoms with van der Waals surface area (Å²) in [6.07, 6.45) is 2.45. The summed E-state index contributed by atoms with van der Waals surface area (Å²) in [6.45, 7) is 4.05. The van der Waals surface area contributed by atoms with Crippen LogP contribution in [-0.2, 0) is 4.79 Å². The molecule has 0 radical (unpaired) electrons. The number of allylic oxidation sites excluding steroid dienone is 2. The van der Waals surface area contributed by atoms with Crippen molar-refractivity contribution in [1.29, 1.82) is 0 Å². The Labute approximate surface area is 189 Å². The van der Waals surface area contributed by atoms with Gasteiger partial charge in [0.05, 0.1) is 6.20 Å². The topological polar surface area (TPSA) is 76.0 Å². The molecule has 5 rings (SSSR count). The Morgan fingerprint density at radius 3 is 2.36 bits per heavy atom. The van der Waals surface area contributed by atoms with Crippen LogP contribution in [0.15, 0.2) is 66.0 Å². The van der Waals surface area contributed by atoms with Crippen molar-refractivity contribution in [2.45, 2.75) is 32.7 Å². The molecule has 0 unspecified atom stereocenters. The predicted octanol–water partition coefficient (Wildman–Crippen LogP) is 5.07. The summed E-state index contributed by atoms with van der Waals surface area (Å²) in [5, 5.41) is 10.5. The Morgan fingerprint density at radius 2 is 1.70 bits per heavy atom. The Hall–Kier alpha value is -3.81. The zero-order valence-electron chi connectivity index (χ0n) is 18.2. The van der Waals surface area contributed by atoms with Crippen molar-refractivity contribution in [1.82, 2.24) is 9.78 Å². The third-order valence-corrected chi connectivity index (χ3v) is 6.04. The maximum Gasteiger partial charge on any atom is 0.261 e. The summed E-state index contributed by atoms with van der Waals surface area (Å²) >= 11 is 0. The minimum Gasteiger partial charge on any atom is -0.343 e. The highest BCUT2D eigenvalue weighted by Gasteiger charge is 2.42. The number of hydrogen-bond donors (Lipinski definition) is 2. The van der Waals surface area contributed by atoms with Gasteiger partial charge in [-0.15, -0.1) is 0 Å². The number of rotatable bonds is 3. The van der Waals surface area contributed by atoms with E-state index in [2.05, 4.69) is 15.7 Å². The average Bonchev–Trinajstić information content (AvgIpc) is 3.17. The molecule has 3 aromatic rings. The second-order valence-electron chi connectivity index (χ2n) is 9.22. The van der Waals surface area contributed by atoms with Crippen LogP contribution in [0.5, 0.6) is 0 Å². The van der Waals surface area contributed by atoms with E-state index in [1.807, 2.05) is 13.8 Å². The first-order valence-corrected chi connectivity index (χ1v) is 10.6. The van der Waals surface area contributed by atoms with Gasteiger partial charge in [0.25, 0.3) is 5.91 Å². The van der Waals surface area contributed by atoms with Crippen LogP contribution >= 0.6 is 0 Å². The largest absolute Gasteiger partial charge is 0.343 e. The molecular weight excluding hydrogens is 426 g/mol. The van der Waals surface area contributed by atoms with Gasteiger partial charge in [0.1, 0.15) is 29.1 Å². The van der Waals surface area contributed by atoms with Gasteiger partial charge in [0.15, 0.2) is 5.78 Å². The van der Waals surface area contributed by atoms with E-state index in [1.165, 1.54) is 42.6 Å². The summed E-state index contributed by atoms with van der Waals surface area (Å²) < 4.78 is 28.4. The van der Waals surface area contributed by atoms with Crippen LogP contribution in [0.4, 0.5) is 20.3 Å². The second kappa shape index (κ2) is 7.65. The molecule has 8 heteroatoms. The van der Waals surface area contributed by atoms with Crippen LogP contribution in [0.3, 0.4) is 0 Å². The molecule has 1 amide bonds. The van der Waals surface area contributed by atoms with Crippen LogP contribution in [-0.4, -0.2) is 21.5 Å². The van der Waals surface area contributed by atoms with E-state index in [-0.39, 0.29) is 22.6 Å². The van der Waals surface area contributed by atoms with Gasteiger partial charge in [-0.3, -0.25) is 9.59 Å². The van der Waals surface area contributed by atoms with Crippen molar-refractivity contribution < 1.29 is 18.4 Å². The number of carbonyl (C=O) groups excluding carboxylic acids is 2. The molecule has 2 N–H and O–H groups in total. The zero-order chi connectivity index (χ0) is 23.3. The van der Waals surface area contributed by atoms with E-state index in [9.17, 15) is 18.4 Å². The number of halogens is 2. The van der Waals surface area contributed by atoms with Gasteiger partial charge < -0.3 is 10.6 Å². The quantitative estimate of drug-likeness (QED) is 0.587. The van der Waals surface area contributed by atoms with Gasteiger partial charge in [0.2, 0.25) is 0 Å². The second-order valence-corrected chi connectivity index (χ2v) is 9.22. The molecule has 0 spiro atoms. The van der Waals surface area contributed by atoms with Gasteiger partial charge in [-0.25, -0.2) is 13.5 Å². The standard InChI is InChI=1S/C25H22F2N4O2/c1-25(2)11-19-21(20(32)12-25)22(14-3-5-15(26)6-4-14)31-23(30-19)18(13-28-31)24(33)29-17-9-7-16(27)8-10-17/h3-10,13,22,30H,11-12H2,1-2H3,(H,29,33)/t22-/m0/s1. The van der Waals surface area contributed by atoms with E-state index in [0.29, 0.717) is 35.5 Å². The molecule has 0 fully saturated rings. The van der Waals surface area contributed by atoms with E-state index in [4.69, 9.17) is 0 Å². The Kier molecular flexibility index (Phi) is 4.88. The van der Waals surface area contributed by atoms with Crippen molar-refractivity contribution in [3.63, 3.8) is 0 Å². The van der Waals surface area contributed by atoms with Crippen LogP contribution < -0.4 is 10.6 Å². The molecule has 0 saturated heterocycles. The summed E-state index contributed by atoms with van der Waals surface area (Å²) in [7, 11) is 0. The van der Waals surface area contributed by atoms with Crippen molar-refractivity contribution in [2.75, 3.05) is 10.6 Å². The molecule has 0 saturated carbocycles. The Morgan fingerprint density at radius 1 is 1.06 bits per heavy atom. The molecule has 33 heavy (non-hydrogen) atoms. The molecule has 2 aliphatic rings. The fraction of sp³-hybridized carbons (Fsp3) is 0.240. The number of ketones is 1. The third-order valence-electron chi connectivity index (χ3n) is 6.04. The number of fused-ring (bicyclic) bond motifs is 1. The van der Waals surface area contributed by atoms with E-state index < -0.39 is 17.8 Å². The average molecular weight is 448 g/mol. The number of amides is 1. The van der Waals surface area contributed by atoms with E-state index in [0.717, 1.165) is 5.70 Å². The molecule has 1 aromatic heterocycles. The number of carbonyl (C=O) groups is 2. The van der Waals surface area contributed by atoms with Crippen molar-refractivity contribution >= 4 is 23.2 Å². The number of hydrogen-bond acceptors (Lipinski definition) is 4. The fourth-order valence-electron chi connectivity index (χ4n) is 4.56. The number of nitrogens with zero attached hydrogens (tertiary/aromatic N) is 2. The summed E-state index contributed by atoms with van der Waals surface area (Å²) in [4.78, 5) is 26.2. The van der Waals surface area contributed by atoms with E-state index in [1.54, 1.807) is 16.8 Å². The van der Waals surface area contributed by atoms with Gasteiger partial charge >= 0.3 is 0 Å². The number of anilines is 2. The van der Waals surface area contributed by atoms with Gasteiger partial charge in [-0.05, 0) is 53.8 Å². The maximum atomic E-state index is 13.6. The fourth-order valence-corrected chi connectivity index (χ4v) is 4.56. The lowest BCUT2D eigenvalue weighted by Gasteiger charge is -2.39. The van der Waals surface area contributed by atoms with E-state index >= 15 is 0 Å². The third kappa shape index (κ3) is 3.82. The summed E-state index contributed by atoms with van der Waals surface area (Å²) in [5.41, 5.74) is 2.52. The number of nitrogens with one attached hydrogen (secondary N) is 2. The van der Waals surface area contributed by atoms with Crippen LogP contribution in [0.2, 0.25) is 0 Å². The first kappa shape index (κ1) is 21.1. The lowest BCUT2D eigenvalue weighted by Crippen LogP contribution is -2.37. The molecule has 1 aliphatic heterocycles. The molecule has 0 bridgehead atoms. The van der Waals surface area contributed by atoms with Gasteiger partial charge in [-0.1, -0.05) is 26.0 Å². The number of aromatic nitrogens is 2. The Bertz CT molecular complexity index is 1290. The monoisotopic (exact) mass is 448 g/mol. The molecular formula is C25H22F2N4O2. The van der Waals surface area contributed by atoms with Crippen molar-refractivity contribution in [3.05, 3.63) is 88.8 Å². The first-order chi connectivity index (χ1) is 15.7. The molecule has 6 nitrogen and oxygen atoms in total. The summed E-state index contributed by atoms with van der Waals surface area (Å²) in [6, 6.07) is 10.9. The highest BCUT2D eigenvalue weighted by molar-refractivity contribution is 6.08. The zero-order valence-corrected chi connectivity index (χ0v) is 18.2. The molecule has 2 aromatic carbocycles. The maximum absolute atomic E-state index is 13.6. The van der Waals surface area contributed by atoms with Gasteiger partial charge in [0, 0.05) is 23.4 Å². The van der Waals surface area contributed by atoms with Crippen LogP contribution in [0.25, 0.3) is 0 Å². The van der Waals surface area contributed by atoms with Crippen molar-refractivity contribution in [2.24, 2.45) is 5.41 Å². The van der Waals surface area contributed by atoms with Crippen LogP contribution in [0, 0.1) is 17.0 Å². The Balaban J connectivity index is 1.58. The predicted molar refractivity (Wildman–Crippen MR) is 120 cm³/mol. The number of benzene rings is 2. The number of Topliss-reactive ketones (excluding diaryl/α,β-unsaturated/α-hetero) is 1. The normalized spacial score (nSPS) is 18.9. The van der Waals surface area contributed by atoms with Crippen molar-refractivity contribution in [3.8, 4) is 0 Å². The molecule has 168 valence electrons. The molecule has 2 heterocycles. The van der Waals surface area contributed by atoms with Gasteiger partial charge in [-0.2, -0.15) is 5.10 Å². The smallest absolute Gasteiger partial charge is 0.261 e. The first-order valence-electron chi connectivity index (χ1n) is 10.6. The SMILES string of the molecule is CC1(C)CC(=O)C2=C(C1)Nc1c(C(=O)Nc3ccc(F)cc3)cnn1[C@H]2c1ccc(F)cc1. The molecule has 1 aliphatic carbocycles. The minimum atomic E-state index is -0.576.